The number of carboxylic acid groups (broad SMARTS) is 1. The summed E-state index contributed by atoms with van der Waals surface area (Å²) in [7, 11) is 0. The Morgan fingerprint density at radius 2 is 1.93 bits per heavy atom. The lowest BCUT2D eigenvalue weighted by Crippen LogP contribution is -2.56. The summed E-state index contributed by atoms with van der Waals surface area (Å²) in [6.45, 7) is 9.80. The van der Waals surface area contributed by atoms with Crippen LogP contribution in [0.1, 0.15) is 52.9 Å². The van der Waals surface area contributed by atoms with Gasteiger partial charge in [-0.25, -0.2) is 0 Å². The van der Waals surface area contributed by atoms with Gasteiger partial charge in [0, 0.05) is 0 Å². The Morgan fingerprint density at radius 3 is 2.57 bits per heavy atom. The zero-order valence-electron chi connectivity index (χ0n) is 16.9. The van der Waals surface area contributed by atoms with Crippen LogP contribution in [0.4, 0.5) is 0 Å². The van der Waals surface area contributed by atoms with Crippen molar-refractivity contribution in [2.75, 3.05) is 0 Å². The van der Waals surface area contributed by atoms with Gasteiger partial charge in [0.1, 0.15) is 30.0 Å². The molecule has 0 aromatic rings. The summed E-state index contributed by atoms with van der Waals surface area (Å²) >= 11 is 0. The van der Waals surface area contributed by atoms with Crippen molar-refractivity contribution < 1.29 is 30.0 Å². The van der Waals surface area contributed by atoms with Gasteiger partial charge in [0.15, 0.2) is 0 Å². The summed E-state index contributed by atoms with van der Waals surface area (Å²) in [5, 5.41) is 41.5. The summed E-state index contributed by atoms with van der Waals surface area (Å²) in [6, 6.07) is 0. The highest BCUT2D eigenvalue weighted by Crippen LogP contribution is 2.64. The Kier molecular flexibility index (Phi) is 4.41. The van der Waals surface area contributed by atoms with Gasteiger partial charge in [-0.05, 0) is 62.4 Å². The molecule has 156 valence electrons. The van der Waals surface area contributed by atoms with Crippen molar-refractivity contribution >= 4 is 5.97 Å². The van der Waals surface area contributed by atoms with Crippen LogP contribution < -0.4 is 0 Å². The molecule has 9 atom stereocenters. The van der Waals surface area contributed by atoms with Gasteiger partial charge >= 0.3 is 5.97 Å². The van der Waals surface area contributed by atoms with E-state index in [1.165, 1.54) is 5.57 Å². The maximum absolute atomic E-state index is 12.1. The van der Waals surface area contributed by atoms with E-state index in [0.717, 1.165) is 19.3 Å². The molecular weight excluding hydrogens is 360 g/mol. The quantitative estimate of drug-likeness (QED) is 0.432. The molecule has 0 spiro atoms. The van der Waals surface area contributed by atoms with E-state index in [1.54, 1.807) is 0 Å². The van der Waals surface area contributed by atoms with Gasteiger partial charge < -0.3 is 25.2 Å². The molecule has 3 fully saturated rings. The van der Waals surface area contributed by atoms with E-state index in [4.69, 9.17) is 4.74 Å². The van der Waals surface area contributed by atoms with Crippen LogP contribution in [-0.2, 0) is 9.53 Å². The van der Waals surface area contributed by atoms with E-state index in [0.29, 0.717) is 12.8 Å². The molecule has 0 amide bonds. The first kappa shape index (κ1) is 20.1. The lowest BCUT2D eigenvalue weighted by molar-refractivity contribution is -0.163. The van der Waals surface area contributed by atoms with Crippen molar-refractivity contribution in [1.82, 2.24) is 0 Å². The Hall–Kier alpha value is -1.21. The lowest BCUT2D eigenvalue weighted by Gasteiger charge is -2.56. The normalized spacial score (nSPS) is 53.1. The van der Waals surface area contributed by atoms with Gasteiger partial charge in [0.25, 0.3) is 0 Å². The number of epoxide rings is 1. The number of ether oxygens (including phenoxy) is 1. The molecule has 0 bridgehead atoms. The van der Waals surface area contributed by atoms with E-state index in [2.05, 4.69) is 26.5 Å². The van der Waals surface area contributed by atoms with Gasteiger partial charge in [-0.15, -0.1) is 0 Å². The first-order chi connectivity index (χ1) is 13.0. The zero-order chi connectivity index (χ0) is 20.6. The van der Waals surface area contributed by atoms with Crippen LogP contribution in [0.15, 0.2) is 23.8 Å². The third-order valence-electron chi connectivity index (χ3n) is 8.63. The predicted octanol–water partition coefficient (Wildman–Crippen LogP) is 2.03. The number of fused-ring (bicyclic) bond motifs is 2. The molecule has 3 aliphatic carbocycles. The molecule has 4 N–H and O–H groups in total. The van der Waals surface area contributed by atoms with Crippen LogP contribution >= 0.6 is 0 Å². The van der Waals surface area contributed by atoms with Crippen molar-refractivity contribution in [3.05, 3.63) is 23.8 Å². The minimum atomic E-state index is -1.22. The molecule has 2 saturated carbocycles. The monoisotopic (exact) mass is 392 g/mol. The summed E-state index contributed by atoms with van der Waals surface area (Å²) in [6.07, 6.45) is 1.86. The van der Waals surface area contributed by atoms with Gasteiger partial charge in [0.05, 0.1) is 5.41 Å². The van der Waals surface area contributed by atoms with Crippen LogP contribution in [0.25, 0.3) is 0 Å². The molecule has 6 heteroatoms. The van der Waals surface area contributed by atoms with Crippen LogP contribution in [0, 0.1) is 22.7 Å². The average Bonchev–Trinajstić information content (AvgIpc) is 3.37. The minimum absolute atomic E-state index is 0.000837. The fraction of sp³-hybridized carbons (Fsp3) is 0.773. The topological polar surface area (TPSA) is 111 Å². The Labute approximate surface area is 165 Å². The van der Waals surface area contributed by atoms with E-state index < -0.39 is 41.4 Å². The van der Waals surface area contributed by atoms with E-state index in [1.807, 2.05) is 6.92 Å². The van der Waals surface area contributed by atoms with Gasteiger partial charge in [-0.1, -0.05) is 31.6 Å². The number of carboxylic acids is 1. The van der Waals surface area contributed by atoms with E-state index in [9.17, 15) is 25.2 Å². The molecule has 0 aromatic carbocycles. The van der Waals surface area contributed by atoms with Crippen LogP contribution in [0.2, 0.25) is 0 Å². The van der Waals surface area contributed by atoms with Crippen molar-refractivity contribution in [2.45, 2.75) is 82.9 Å². The highest BCUT2D eigenvalue weighted by molar-refractivity contribution is 5.75. The summed E-state index contributed by atoms with van der Waals surface area (Å²) in [5.74, 6) is -0.719. The molecule has 1 saturated heterocycles. The standard InChI is InChI=1S/C22H32O6/c1-11-6-7-14-20(3,8-5-9-21(14,4)19(26)27)13(11)10-22-17(25)15(23)12(2)16(24)18(22)28-22/h6,13-18,23-25H,2,5,7-10H2,1,3-4H3,(H,26,27)/t13-,14+,15+,16+,17+,18+,20-,21-,22+/m1/s1. The van der Waals surface area contributed by atoms with Crippen molar-refractivity contribution in [3.8, 4) is 0 Å². The molecule has 0 aromatic heterocycles. The number of aliphatic carboxylic acids is 1. The minimum Gasteiger partial charge on any atom is -0.481 e. The van der Waals surface area contributed by atoms with E-state index in [-0.39, 0.29) is 22.8 Å². The molecule has 1 heterocycles. The highest BCUT2D eigenvalue weighted by Gasteiger charge is 2.71. The SMILES string of the molecule is C=C1[C@H](O)[C@H](O)[C@]2(C[C@@H]3C(C)=CC[C@H]4[C@]3(C)CCC[C@@]4(C)C(=O)O)O[C@H]2[C@H]1O. The Balaban J connectivity index is 1.68. The molecule has 0 radical (unpaired) electrons. The fourth-order valence-electron chi connectivity index (χ4n) is 6.69. The molecule has 28 heavy (non-hydrogen) atoms. The smallest absolute Gasteiger partial charge is 0.309 e. The first-order valence-corrected chi connectivity index (χ1v) is 10.3. The van der Waals surface area contributed by atoms with Crippen molar-refractivity contribution in [3.63, 3.8) is 0 Å². The largest absolute Gasteiger partial charge is 0.481 e. The van der Waals surface area contributed by atoms with Crippen LogP contribution in [0.3, 0.4) is 0 Å². The number of hydrogen-bond acceptors (Lipinski definition) is 5. The second-order valence-electron chi connectivity index (χ2n) is 9.98. The Morgan fingerprint density at radius 1 is 1.25 bits per heavy atom. The van der Waals surface area contributed by atoms with Crippen molar-refractivity contribution in [1.29, 1.82) is 0 Å². The first-order valence-electron chi connectivity index (χ1n) is 10.3. The highest BCUT2D eigenvalue weighted by atomic mass is 16.6. The third-order valence-corrected chi connectivity index (χ3v) is 8.63. The molecule has 4 rings (SSSR count). The maximum atomic E-state index is 12.1. The molecular formula is C22H32O6. The number of aliphatic hydroxyl groups excluding tert-OH is 3. The second kappa shape index (κ2) is 6.14. The molecule has 1 aliphatic heterocycles. The number of hydrogen-bond donors (Lipinski definition) is 4. The number of carbonyl (C=O) groups is 1. The van der Waals surface area contributed by atoms with Gasteiger partial charge in [0.2, 0.25) is 0 Å². The van der Waals surface area contributed by atoms with E-state index >= 15 is 0 Å². The van der Waals surface area contributed by atoms with Gasteiger partial charge in [-0.3, -0.25) is 4.79 Å². The van der Waals surface area contributed by atoms with Crippen LogP contribution in [0.5, 0.6) is 0 Å². The predicted molar refractivity (Wildman–Crippen MR) is 102 cm³/mol. The third kappa shape index (κ3) is 2.44. The summed E-state index contributed by atoms with van der Waals surface area (Å²) in [4.78, 5) is 12.1. The second-order valence-corrected chi connectivity index (χ2v) is 9.98. The molecule has 6 nitrogen and oxygen atoms in total. The Bertz CT molecular complexity index is 745. The summed E-state index contributed by atoms with van der Waals surface area (Å²) in [5.41, 5.74) is -0.636. The molecule has 0 unspecified atom stereocenters. The lowest BCUT2D eigenvalue weighted by atomic mass is 9.47. The fourth-order valence-corrected chi connectivity index (χ4v) is 6.69. The summed E-state index contributed by atoms with van der Waals surface area (Å²) < 4.78 is 5.84. The number of allylic oxidation sites excluding steroid dienone is 2. The zero-order valence-corrected chi connectivity index (χ0v) is 16.9. The number of aliphatic hydroxyl groups is 3. The van der Waals surface area contributed by atoms with Crippen molar-refractivity contribution in [2.24, 2.45) is 22.7 Å². The van der Waals surface area contributed by atoms with Crippen LogP contribution in [-0.4, -0.2) is 56.4 Å². The molecule has 4 aliphatic rings. The van der Waals surface area contributed by atoms with Gasteiger partial charge in [-0.2, -0.15) is 0 Å². The average molecular weight is 392 g/mol. The number of rotatable bonds is 3. The maximum Gasteiger partial charge on any atom is 0.309 e.